The number of nitrogens with one attached hydrogen (secondary N) is 1. The number of hydrogen-bond donors (Lipinski definition) is 2. The van der Waals surface area contributed by atoms with E-state index in [9.17, 15) is 0 Å². The van der Waals surface area contributed by atoms with Crippen molar-refractivity contribution in [1.29, 1.82) is 0 Å². The molecule has 3 aliphatic rings. The molecule has 5 unspecified atom stereocenters. The van der Waals surface area contributed by atoms with Crippen LogP contribution >= 0.6 is 0 Å². The molecule has 13 heavy (non-hydrogen) atoms. The molecule has 1 saturated carbocycles. The summed E-state index contributed by atoms with van der Waals surface area (Å²) < 4.78 is 0. The first-order valence-corrected chi connectivity index (χ1v) is 5.23. The van der Waals surface area contributed by atoms with Crippen molar-refractivity contribution in [2.45, 2.75) is 31.0 Å². The Morgan fingerprint density at radius 3 is 2.92 bits per heavy atom. The fraction of sp³-hybridized carbons (Fsp3) is 0.636. The Labute approximate surface area is 78.9 Å². The van der Waals surface area contributed by atoms with Crippen molar-refractivity contribution in [3.63, 3.8) is 0 Å². The smallest absolute Gasteiger partial charge is 0.0322 e. The summed E-state index contributed by atoms with van der Waals surface area (Å²) in [7, 11) is 0. The van der Waals surface area contributed by atoms with Gasteiger partial charge < -0.3 is 11.1 Å². The van der Waals surface area contributed by atoms with Crippen LogP contribution < -0.4 is 11.1 Å². The zero-order valence-corrected chi connectivity index (χ0v) is 7.69. The average molecular weight is 176 g/mol. The van der Waals surface area contributed by atoms with Gasteiger partial charge in [0.1, 0.15) is 0 Å². The standard InChI is InChI=1S/C11H16N2/c12-9-6-5-8-7-3-1-2-4-10(7)13-11(8)9/h1-4,7-11,13H,5-6,12H2. The van der Waals surface area contributed by atoms with Crippen LogP contribution in [0.2, 0.25) is 0 Å². The molecule has 0 amide bonds. The zero-order chi connectivity index (χ0) is 8.84. The highest BCUT2D eigenvalue weighted by Gasteiger charge is 2.46. The minimum atomic E-state index is 0.386. The first kappa shape index (κ1) is 7.77. The Hall–Kier alpha value is -0.600. The highest BCUT2D eigenvalue weighted by atomic mass is 15.1. The van der Waals surface area contributed by atoms with E-state index in [1.807, 2.05) is 0 Å². The topological polar surface area (TPSA) is 38.0 Å². The fourth-order valence-corrected chi connectivity index (χ4v) is 3.16. The molecule has 5 atom stereocenters. The minimum Gasteiger partial charge on any atom is -0.326 e. The van der Waals surface area contributed by atoms with Crippen LogP contribution in [0.3, 0.4) is 0 Å². The third-order valence-corrected chi connectivity index (χ3v) is 3.81. The van der Waals surface area contributed by atoms with Crippen LogP contribution in [0.5, 0.6) is 0 Å². The van der Waals surface area contributed by atoms with E-state index >= 15 is 0 Å². The van der Waals surface area contributed by atoms with E-state index in [0.29, 0.717) is 24.0 Å². The van der Waals surface area contributed by atoms with Crippen LogP contribution in [0.15, 0.2) is 24.3 Å². The molecule has 1 saturated heterocycles. The molecule has 0 bridgehead atoms. The number of nitrogens with two attached hydrogens (primary N) is 1. The van der Waals surface area contributed by atoms with Gasteiger partial charge in [-0.1, -0.05) is 24.3 Å². The number of fused-ring (bicyclic) bond motifs is 3. The molecular weight excluding hydrogens is 160 g/mol. The molecule has 1 aliphatic heterocycles. The largest absolute Gasteiger partial charge is 0.326 e. The second-order valence-electron chi connectivity index (χ2n) is 4.47. The second-order valence-corrected chi connectivity index (χ2v) is 4.47. The van der Waals surface area contributed by atoms with Crippen LogP contribution in [-0.2, 0) is 0 Å². The molecule has 0 radical (unpaired) electrons. The third kappa shape index (κ3) is 1.02. The van der Waals surface area contributed by atoms with Crippen LogP contribution in [0.4, 0.5) is 0 Å². The van der Waals surface area contributed by atoms with Gasteiger partial charge in [0, 0.05) is 24.0 Å². The van der Waals surface area contributed by atoms with Gasteiger partial charge >= 0.3 is 0 Å². The molecule has 0 spiro atoms. The molecule has 70 valence electrons. The van der Waals surface area contributed by atoms with Crippen molar-refractivity contribution >= 4 is 0 Å². The molecule has 2 fully saturated rings. The molecule has 0 aromatic rings. The normalized spacial score (nSPS) is 52.2. The second kappa shape index (κ2) is 2.69. The van der Waals surface area contributed by atoms with Crippen molar-refractivity contribution in [2.75, 3.05) is 0 Å². The van der Waals surface area contributed by atoms with Crippen molar-refractivity contribution in [3.05, 3.63) is 24.3 Å². The molecule has 2 nitrogen and oxygen atoms in total. The maximum atomic E-state index is 6.06. The Bertz CT molecular complexity index is 269. The predicted molar refractivity (Wildman–Crippen MR) is 53.2 cm³/mol. The lowest BCUT2D eigenvalue weighted by molar-refractivity contribution is 0.439. The van der Waals surface area contributed by atoms with Gasteiger partial charge in [-0.05, 0) is 18.8 Å². The van der Waals surface area contributed by atoms with Crippen LogP contribution in [0.25, 0.3) is 0 Å². The van der Waals surface area contributed by atoms with E-state index in [2.05, 4.69) is 29.6 Å². The maximum absolute atomic E-state index is 6.06. The minimum absolute atomic E-state index is 0.386. The van der Waals surface area contributed by atoms with Crippen LogP contribution in [0, 0.1) is 11.8 Å². The van der Waals surface area contributed by atoms with Gasteiger partial charge in [0.2, 0.25) is 0 Å². The average Bonchev–Trinajstić information content (AvgIpc) is 2.67. The molecule has 1 heterocycles. The van der Waals surface area contributed by atoms with Crippen molar-refractivity contribution in [3.8, 4) is 0 Å². The summed E-state index contributed by atoms with van der Waals surface area (Å²) in [6.07, 6.45) is 11.4. The summed E-state index contributed by atoms with van der Waals surface area (Å²) in [5.74, 6) is 1.50. The SMILES string of the molecule is NC1CCC2C3C=CC=CC3NC12. The summed E-state index contributed by atoms with van der Waals surface area (Å²) in [4.78, 5) is 0. The van der Waals surface area contributed by atoms with Gasteiger partial charge in [-0.2, -0.15) is 0 Å². The molecule has 2 heteroatoms. The van der Waals surface area contributed by atoms with Crippen molar-refractivity contribution < 1.29 is 0 Å². The lowest BCUT2D eigenvalue weighted by Gasteiger charge is -2.18. The summed E-state index contributed by atoms with van der Waals surface area (Å²) in [6.45, 7) is 0. The van der Waals surface area contributed by atoms with E-state index in [4.69, 9.17) is 5.73 Å². The highest BCUT2D eigenvalue weighted by Crippen LogP contribution is 2.40. The quantitative estimate of drug-likeness (QED) is 0.573. The molecule has 3 N–H and O–H groups in total. The Kier molecular flexibility index (Phi) is 1.61. The van der Waals surface area contributed by atoms with Crippen LogP contribution in [0.1, 0.15) is 12.8 Å². The van der Waals surface area contributed by atoms with Crippen molar-refractivity contribution in [2.24, 2.45) is 17.6 Å². The van der Waals surface area contributed by atoms with E-state index in [-0.39, 0.29) is 0 Å². The highest BCUT2D eigenvalue weighted by molar-refractivity contribution is 5.24. The van der Waals surface area contributed by atoms with Gasteiger partial charge in [-0.3, -0.25) is 0 Å². The van der Waals surface area contributed by atoms with Gasteiger partial charge in [-0.25, -0.2) is 0 Å². The Morgan fingerprint density at radius 2 is 2.00 bits per heavy atom. The molecule has 0 aromatic carbocycles. The first-order valence-electron chi connectivity index (χ1n) is 5.23. The monoisotopic (exact) mass is 176 g/mol. The maximum Gasteiger partial charge on any atom is 0.0322 e. The fourth-order valence-electron chi connectivity index (χ4n) is 3.16. The lowest BCUT2D eigenvalue weighted by atomic mass is 9.86. The number of rotatable bonds is 0. The molecule has 3 rings (SSSR count). The van der Waals surface area contributed by atoms with E-state index in [1.54, 1.807) is 0 Å². The Morgan fingerprint density at radius 1 is 1.15 bits per heavy atom. The summed E-state index contributed by atoms with van der Waals surface area (Å²) in [5, 5.41) is 3.64. The third-order valence-electron chi connectivity index (χ3n) is 3.81. The predicted octanol–water partition coefficient (Wildman–Crippen LogP) is 0.806. The Balaban J connectivity index is 1.89. The first-order chi connectivity index (χ1) is 6.36. The lowest BCUT2D eigenvalue weighted by Crippen LogP contribution is -2.41. The summed E-state index contributed by atoms with van der Waals surface area (Å²) in [5.41, 5.74) is 6.06. The van der Waals surface area contributed by atoms with Gasteiger partial charge in [0.05, 0.1) is 0 Å². The summed E-state index contributed by atoms with van der Waals surface area (Å²) >= 11 is 0. The molecule has 2 aliphatic carbocycles. The molecule has 0 aromatic heterocycles. The van der Waals surface area contributed by atoms with Gasteiger partial charge in [-0.15, -0.1) is 0 Å². The van der Waals surface area contributed by atoms with Crippen LogP contribution in [-0.4, -0.2) is 18.1 Å². The van der Waals surface area contributed by atoms with Crippen molar-refractivity contribution in [1.82, 2.24) is 5.32 Å². The van der Waals surface area contributed by atoms with Gasteiger partial charge in [0.25, 0.3) is 0 Å². The zero-order valence-electron chi connectivity index (χ0n) is 7.69. The van der Waals surface area contributed by atoms with Gasteiger partial charge in [0.15, 0.2) is 0 Å². The van der Waals surface area contributed by atoms with E-state index in [1.165, 1.54) is 12.8 Å². The number of hydrogen-bond acceptors (Lipinski definition) is 2. The van der Waals surface area contributed by atoms with E-state index < -0.39 is 0 Å². The number of allylic oxidation sites excluding steroid dienone is 2. The summed E-state index contributed by atoms with van der Waals surface area (Å²) in [6, 6.07) is 1.52. The molecular formula is C11H16N2. The van der Waals surface area contributed by atoms with E-state index in [0.717, 1.165) is 5.92 Å².